The monoisotopic (exact) mass is 460 g/mol. The van der Waals surface area contributed by atoms with E-state index in [1.165, 1.54) is 5.56 Å². The first kappa shape index (κ1) is 23.2. The molecule has 0 fully saturated rings. The van der Waals surface area contributed by atoms with Crippen molar-refractivity contribution in [1.29, 1.82) is 0 Å². The predicted octanol–water partition coefficient (Wildman–Crippen LogP) is 5.06. The summed E-state index contributed by atoms with van der Waals surface area (Å²) in [6, 6.07) is 18.7. The van der Waals surface area contributed by atoms with Crippen molar-refractivity contribution in [2.24, 2.45) is 5.10 Å². The number of nitrogens with one attached hydrogen (secondary N) is 1. The van der Waals surface area contributed by atoms with E-state index in [0.717, 1.165) is 16.9 Å². The van der Waals surface area contributed by atoms with E-state index in [9.17, 15) is 4.79 Å². The second kappa shape index (κ2) is 9.87. The van der Waals surface area contributed by atoms with Crippen molar-refractivity contribution in [3.63, 3.8) is 0 Å². The van der Waals surface area contributed by atoms with Gasteiger partial charge < -0.3 is 18.9 Å². The number of amides is 1. The molecule has 0 spiro atoms. The van der Waals surface area contributed by atoms with Crippen molar-refractivity contribution < 1.29 is 23.7 Å². The van der Waals surface area contributed by atoms with Crippen LogP contribution in [0.15, 0.2) is 65.8 Å². The first-order chi connectivity index (χ1) is 16.3. The van der Waals surface area contributed by atoms with Gasteiger partial charge in [-0.25, -0.2) is 5.43 Å². The SMILES string of the molecule is COc1ccc(/C=N\NC(=O)c2ccc3c(c2)OCO3)cc1COc1ccc(C(C)(C)C)cc1. The van der Waals surface area contributed by atoms with E-state index < -0.39 is 0 Å². The molecule has 7 heteroatoms. The third kappa shape index (κ3) is 5.49. The zero-order valence-corrected chi connectivity index (χ0v) is 19.8. The van der Waals surface area contributed by atoms with Crippen molar-refractivity contribution in [1.82, 2.24) is 5.43 Å². The summed E-state index contributed by atoms with van der Waals surface area (Å²) < 4.78 is 22.0. The molecule has 0 unspecified atom stereocenters. The second-order valence-electron chi connectivity index (χ2n) is 8.90. The van der Waals surface area contributed by atoms with Gasteiger partial charge in [-0.2, -0.15) is 5.10 Å². The Kier molecular flexibility index (Phi) is 6.72. The topological polar surface area (TPSA) is 78.4 Å². The third-order valence-electron chi connectivity index (χ3n) is 5.43. The van der Waals surface area contributed by atoms with Crippen LogP contribution in [0.5, 0.6) is 23.0 Å². The Hall–Kier alpha value is -4.00. The lowest BCUT2D eigenvalue weighted by Gasteiger charge is -2.19. The number of carbonyl (C=O) groups excluding carboxylic acids is 1. The molecule has 0 saturated heterocycles. The first-order valence-electron chi connectivity index (χ1n) is 11.0. The number of benzene rings is 3. The summed E-state index contributed by atoms with van der Waals surface area (Å²) in [5, 5.41) is 4.08. The van der Waals surface area contributed by atoms with Gasteiger partial charge in [-0.3, -0.25) is 4.79 Å². The maximum Gasteiger partial charge on any atom is 0.271 e. The number of hydrazone groups is 1. The van der Waals surface area contributed by atoms with E-state index in [1.54, 1.807) is 31.5 Å². The van der Waals surface area contributed by atoms with Crippen molar-refractivity contribution >= 4 is 12.1 Å². The van der Waals surface area contributed by atoms with E-state index in [2.05, 4.69) is 43.4 Å². The van der Waals surface area contributed by atoms with Crippen LogP contribution < -0.4 is 24.4 Å². The Morgan fingerprint density at radius 2 is 1.79 bits per heavy atom. The third-order valence-corrected chi connectivity index (χ3v) is 5.43. The molecule has 1 aliphatic heterocycles. The summed E-state index contributed by atoms with van der Waals surface area (Å²) in [5.41, 5.74) is 5.97. The van der Waals surface area contributed by atoms with Crippen molar-refractivity contribution in [3.8, 4) is 23.0 Å². The average Bonchev–Trinajstić information content (AvgIpc) is 3.30. The molecule has 1 amide bonds. The van der Waals surface area contributed by atoms with Crippen molar-refractivity contribution in [3.05, 3.63) is 82.9 Å². The first-order valence-corrected chi connectivity index (χ1v) is 11.0. The molecule has 3 aromatic carbocycles. The number of carbonyl (C=O) groups is 1. The normalized spacial score (nSPS) is 12.6. The Morgan fingerprint density at radius 1 is 1.03 bits per heavy atom. The fraction of sp³-hybridized carbons (Fsp3) is 0.259. The minimum absolute atomic E-state index is 0.0908. The maximum absolute atomic E-state index is 12.4. The van der Waals surface area contributed by atoms with Crippen LogP contribution >= 0.6 is 0 Å². The Morgan fingerprint density at radius 3 is 2.53 bits per heavy atom. The minimum atomic E-state index is -0.342. The lowest BCUT2D eigenvalue weighted by Crippen LogP contribution is -2.17. The molecule has 1 N–H and O–H groups in total. The highest BCUT2D eigenvalue weighted by molar-refractivity contribution is 5.95. The number of ether oxygens (including phenoxy) is 4. The zero-order valence-electron chi connectivity index (χ0n) is 19.8. The summed E-state index contributed by atoms with van der Waals surface area (Å²) >= 11 is 0. The number of hydrogen-bond donors (Lipinski definition) is 1. The highest BCUT2D eigenvalue weighted by Crippen LogP contribution is 2.32. The molecule has 0 bridgehead atoms. The van der Waals surface area contributed by atoms with E-state index in [0.29, 0.717) is 29.4 Å². The van der Waals surface area contributed by atoms with Crippen molar-refractivity contribution in [2.75, 3.05) is 13.9 Å². The summed E-state index contributed by atoms with van der Waals surface area (Å²) in [6.45, 7) is 7.03. The van der Waals surface area contributed by atoms with Crippen LogP contribution in [0.2, 0.25) is 0 Å². The van der Waals surface area contributed by atoms with Crippen LogP contribution in [0, 0.1) is 0 Å². The van der Waals surface area contributed by atoms with Crippen LogP contribution in [0.3, 0.4) is 0 Å². The molecule has 4 rings (SSSR count). The molecule has 1 heterocycles. The summed E-state index contributed by atoms with van der Waals surface area (Å²) in [6.07, 6.45) is 1.58. The van der Waals surface area contributed by atoms with Gasteiger partial charge in [0.05, 0.1) is 13.3 Å². The molecule has 176 valence electrons. The molecular weight excluding hydrogens is 432 g/mol. The molecule has 0 aliphatic carbocycles. The van der Waals surface area contributed by atoms with Gasteiger partial charge in [-0.05, 0) is 65.1 Å². The maximum atomic E-state index is 12.4. The average molecular weight is 461 g/mol. The molecule has 7 nitrogen and oxygen atoms in total. The molecule has 1 aliphatic rings. The second-order valence-corrected chi connectivity index (χ2v) is 8.90. The van der Waals surface area contributed by atoms with Crippen LogP contribution in [0.4, 0.5) is 0 Å². The fourth-order valence-corrected chi connectivity index (χ4v) is 3.47. The summed E-state index contributed by atoms with van der Waals surface area (Å²) in [7, 11) is 1.62. The standard InChI is InChI=1S/C27H28N2O5/c1-27(2,3)21-7-9-22(10-8-21)32-16-20-13-18(5-11-23(20)31-4)15-28-29-26(30)19-6-12-24-25(14-19)34-17-33-24/h5-15H,16-17H2,1-4H3,(H,29,30)/b28-15-. The lowest BCUT2D eigenvalue weighted by atomic mass is 9.87. The quantitative estimate of drug-likeness (QED) is 0.394. The molecule has 0 atom stereocenters. The van der Waals surface area contributed by atoms with E-state index in [4.69, 9.17) is 18.9 Å². The number of fused-ring (bicyclic) bond motifs is 1. The van der Waals surface area contributed by atoms with E-state index in [1.807, 2.05) is 30.3 Å². The van der Waals surface area contributed by atoms with Gasteiger partial charge in [0.1, 0.15) is 18.1 Å². The summed E-state index contributed by atoms with van der Waals surface area (Å²) in [4.78, 5) is 12.4. The number of nitrogens with zero attached hydrogens (tertiary/aromatic N) is 1. The van der Waals surface area contributed by atoms with Gasteiger partial charge in [-0.1, -0.05) is 32.9 Å². The molecule has 0 saturated carbocycles. The van der Waals surface area contributed by atoms with Gasteiger partial charge in [0.2, 0.25) is 6.79 Å². The van der Waals surface area contributed by atoms with Crippen molar-refractivity contribution in [2.45, 2.75) is 32.8 Å². The molecule has 0 radical (unpaired) electrons. The number of methoxy groups -OCH3 is 1. The lowest BCUT2D eigenvalue weighted by molar-refractivity contribution is 0.0954. The van der Waals surface area contributed by atoms with Crippen LogP contribution in [-0.2, 0) is 12.0 Å². The Bertz CT molecular complexity index is 1200. The van der Waals surface area contributed by atoms with Gasteiger partial charge in [-0.15, -0.1) is 0 Å². The minimum Gasteiger partial charge on any atom is -0.496 e. The Labute approximate surface area is 199 Å². The van der Waals surface area contributed by atoms with Crippen LogP contribution in [0.25, 0.3) is 0 Å². The smallest absolute Gasteiger partial charge is 0.271 e. The largest absolute Gasteiger partial charge is 0.496 e. The van der Waals surface area contributed by atoms with Gasteiger partial charge in [0.15, 0.2) is 11.5 Å². The van der Waals surface area contributed by atoms with E-state index >= 15 is 0 Å². The number of hydrogen-bond acceptors (Lipinski definition) is 6. The molecule has 34 heavy (non-hydrogen) atoms. The Balaban J connectivity index is 1.39. The van der Waals surface area contributed by atoms with Gasteiger partial charge in [0.25, 0.3) is 5.91 Å². The highest BCUT2D eigenvalue weighted by Gasteiger charge is 2.16. The predicted molar refractivity (Wildman–Crippen MR) is 130 cm³/mol. The zero-order chi connectivity index (χ0) is 24.1. The highest BCUT2D eigenvalue weighted by atomic mass is 16.7. The van der Waals surface area contributed by atoms with Crippen LogP contribution in [0.1, 0.15) is 47.8 Å². The van der Waals surface area contributed by atoms with E-state index in [-0.39, 0.29) is 18.1 Å². The van der Waals surface area contributed by atoms with Gasteiger partial charge in [0, 0.05) is 11.1 Å². The number of rotatable bonds is 7. The summed E-state index contributed by atoms with van der Waals surface area (Å²) in [5.74, 6) is 2.32. The van der Waals surface area contributed by atoms with Crippen LogP contribution in [-0.4, -0.2) is 26.0 Å². The van der Waals surface area contributed by atoms with Gasteiger partial charge >= 0.3 is 0 Å². The fourth-order valence-electron chi connectivity index (χ4n) is 3.47. The molecular formula is C27H28N2O5. The molecule has 0 aromatic heterocycles. The molecule has 3 aromatic rings.